The van der Waals surface area contributed by atoms with E-state index in [2.05, 4.69) is 10.1 Å². The number of nitrogens with zero attached hydrogens (tertiary/aromatic N) is 2. The number of nitrogens with one attached hydrogen (secondary N) is 1. The van der Waals surface area contributed by atoms with E-state index in [-0.39, 0.29) is 23.3 Å². The highest BCUT2D eigenvalue weighted by Crippen LogP contribution is 2.26. The molecule has 3 rings (SSSR count). The van der Waals surface area contributed by atoms with Crippen molar-refractivity contribution >= 4 is 27.7 Å². The van der Waals surface area contributed by atoms with Crippen LogP contribution in [0, 0.1) is 5.92 Å². The molecule has 2 amide bonds. The predicted molar refractivity (Wildman–Crippen MR) is 101 cm³/mol. The molecule has 10 heteroatoms. The Morgan fingerprint density at radius 3 is 2.46 bits per heavy atom. The molecule has 2 aliphatic rings. The Hall–Kier alpha value is -2.17. The van der Waals surface area contributed by atoms with Gasteiger partial charge in [0.25, 0.3) is 0 Å². The van der Waals surface area contributed by atoms with Gasteiger partial charge in [0.1, 0.15) is 0 Å². The number of rotatable bonds is 4. The Morgan fingerprint density at radius 2 is 1.82 bits per heavy atom. The molecule has 2 aliphatic heterocycles. The van der Waals surface area contributed by atoms with Crippen LogP contribution in [0.1, 0.15) is 12.8 Å². The molecule has 2 heterocycles. The van der Waals surface area contributed by atoms with E-state index < -0.39 is 16.1 Å². The predicted octanol–water partition coefficient (Wildman–Crippen LogP) is 1.12. The van der Waals surface area contributed by atoms with Crippen molar-refractivity contribution in [3.8, 4) is 0 Å². The van der Waals surface area contributed by atoms with Crippen molar-refractivity contribution in [1.82, 2.24) is 9.21 Å². The van der Waals surface area contributed by atoms with Gasteiger partial charge in [0.15, 0.2) is 0 Å². The van der Waals surface area contributed by atoms with E-state index >= 15 is 0 Å². The minimum Gasteiger partial charge on any atom is -0.453 e. The lowest BCUT2D eigenvalue weighted by molar-refractivity contribution is -0.140. The highest BCUT2D eigenvalue weighted by atomic mass is 32.2. The maximum absolute atomic E-state index is 13.0. The molecular weight excluding hydrogens is 386 g/mol. The highest BCUT2D eigenvalue weighted by molar-refractivity contribution is 7.89. The van der Waals surface area contributed by atoms with Crippen molar-refractivity contribution in [3.05, 3.63) is 24.3 Å². The second-order valence-electron chi connectivity index (χ2n) is 6.78. The number of hydrogen-bond donors (Lipinski definition) is 1. The second-order valence-corrected chi connectivity index (χ2v) is 8.72. The first-order valence-electron chi connectivity index (χ1n) is 9.23. The fourth-order valence-corrected chi connectivity index (χ4v) is 4.96. The Labute approximate surface area is 164 Å². The topological polar surface area (TPSA) is 105 Å². The molecule has 0 aromatic heterocycles. The molecule has 0 unspecified atom stereocenters. The fraction of sp³-hybridized carbons (Fsp3) is 0.556. The van der Waals surface area contributed by atoms with E-state index in [0.29, 0.717) is 51.4 Å². The van der Waals surface area contributed by atoms with Crippen LogP contribution in [0.4, 0.5) is 10.5 Å². The summed E-state index contributed by atoms with van der Waals surface area (Å²) >= 11 is 0. The van der Waals surface area contributed by atoms with Crippen LogP contribution >= 0.6 is 0 Å². The van der Waals surface area contributed by atoms with Crippen molar-refractivity contribution in [2.45, 2.75) is 17.7 Å². The molecule has 9 nitrogen and oxygen atoms in total. The van der Waals surface area contributed by atoms with Gasteiger partial charge in [-0.25, -0.2) is 13.2 Å². The average molecular weight is 411 g/mol. The van der Waals surface area contributed by atoms with Gasteiger partial charge < -0.3 is 14.4 Å². The lowest BCUT2D eigenvalue weighted by Gasteiger charge is -2.35. The molecular formula is C18H25N3O6S. The number of anilines is 1. The number of piperidine rings is 1. The zero-order valence-corrected chi connectivity index (χ0v) is 16.6. The molecule has 0 bridgehead atoms. The summed E-state index contributed by atoms with van der Waals surface area (Å²) in [6.45, 7) is 2.71. The first-order valence-corrected chi connectivity index (χ1v) is 10.7. The van der Waals surface area contributed by atoms with Gasteiger partial charge in [-0.15, -0.1) is 0 Å². The van der Waals surface area contributed by atoms with Crippen LogP contribution in [0.5, 0.6) is 0 Å². The van der Waals surface area contributed by atoms with Gasteiger partial charge in [-0.3, -0.25) is 10.1 Å². The maximum atomic E-state index is 13.0. The number of carbonyl (C=O) groups is 2. The summed E-state index contributed by atoms with van der Waals surface area (Å²) in [6, 6.07) is 5.89. The van der Waals surface area contributed by atoms with E-state index in [0.717, 1.165) is 0 Å². The van der Waals surface area contributed by atoms with Crippen LogP contribution in [0.2, 0.25) is 0 Å². The van der Waals surface area contributed by atoms with Crippen molar-refractivity contribution in [2.24, 2.45) is 5.92 Å². The molecule has 2 fully saturated rings. The summed E-state index contributed by atoms with van der Waals surface area (Å²) in [4.78, 5) is 25.9. The number of benzene rings is 1. The molecule has 28 heavy (non-hydrogen) atoms. The first kappa shape index (κ1) is 20.6. The molecule has 1 N–H and O–H groups in total. The average Bonchev–Trinajstić information content (AvgIpc) is 2.74. The second kappa shape index (κ2) is 8.89. The van der Waals surface area contributed by atoms with Crippen LogP contribution in [-0.2, 0) is 24.3 Å². The van der Waals surface area contributed by atoms with Crippen LogP contribution in [0.25, 0.3) is 0 Å². The van der Waals surface area contributed by atoms with Crippen LogP contribution in [0.3, 0.4) is 0 Å². The van der Waals surface area contributed by atoms with E-state index in [1.54, 1.807) is 4.90 Å². The number of hydrogen-bond acceptors (Lipinski definition) is 6. The lowest BCUT2D eigenvalue weighted by Crippen LogP contribution is -2.49. The standard InChI is InChI=1S/C18H25N3O6S/c1-26-18(23)19-15-4-6-16(7-5-15)28(24,25)21-8-2-3-14(13-21)17(22)20-9-11-27-12-10-20/h4-7,14H,2-3,8-13H2,1H3,(H,19,23)/t14-/m1/s1. The summed E-state index contributed by atoms with van der Waals surface area (Å²) < 4.78 is 37.1. The van der Waals surface area contributed by atoms with Gasteiger partial charge in [0.2, 0.25) is 15.9 Å². The summed E-state index contributed by atoms with van der Waals surface area (Å²) in [5.74, 6) is -0.331. The number of methoxy groups -OCH3 is 1. The molecule has 1 atom stereocenters. The van der Waals surface area contributed by atoms with Gasteiger partial charge in [0.05, 0.1) is 31.1 Å². The van der Waals surface area contributed by atoms with Gasteiger partial charge in [-0.1, -0.05) is 0 Å². The Balaban J connectivity index is 1.68. The Bertz CT molecular complexity index is 805. The third kappa shape index (κ3) is 4.62. The largest absolute Gasteiger partial charge is 0.453 e. The summed E-state index contributed by atoms with van der Waals surface area (Å²) in [5.41, 5.74) is 0.435. The lowest BCUT2D eigenvalue weighted by atomic mass is 9.98. The zero-order valence-electron chi connectivity index (χ0n) is 15.8. The summed E-state index contributed by atoms with van der Waals surface area (Å²) in [7, 11) is -2.47. The summed E-state index contributed by atoms with van der Waals surface area (Å²) in [6.07, 6.45) is 0.697. The van der Waals surface area contributed by atoms with Crippen LogP contribution in [-0.4, -0.2) is 76.1 Å². The fourth-order valence-electron chi connectivity index (χ4n) is 3.43. The number of amides is 2. The smallest absolute Gasteiger partial charge is 0.411 e. The monoisotopic (exact) mass is 411 g/mol. The van der Waals surface area contributed by atoms with Gasteiger partial charge in [-0.2, -0.15) is 4.31 Å². The van der Waals surface area contributed by atoms with E-state index in [9.17, 15) is 18.0 Å². The van der Waals surface area contributed by atoms with E-state index in [1.807, 2.05) is 0 Å². The normalized spacial score (nSPS) is 21.2. The molecule has 1 aromatic rings. The maximum Gasteiger partial charge on any atom is 0.411 e. The highest BCUT2D eigenvalue weighted by Gasteiger charge is 2.35. The van der Waals surface area contributed by atoms with E-state index in [1.165, 1.54) is 35.7 Å². The van der Waals surface area contributed by atoms with Crippen molar-refractivity contribution in [2.75, 3.05) is 51.8 Å². The molecule has 0 radical (unpaired) electrons. The minimum atomic E-state index is -3.72. The van der Waals surface area contributed by atoms with Gasteiger partial charge >= 0.3 is 6.09 Å². The number of morpholine rings is 1. The third-order valence-electron chi connectivity index (χ3n) is 4.98. The first-order chi connectivity index (χ1) is 13.4. The van der Waals surface area contributed by atoms with Crippen LogP contribution in [0.15, 0.2) is 29.2 Å². The zero-order chi connectivity index (χ0) is 20.1. The Kier molecular flexibility index (Phi) is 6.53. The van der Waals surface area contributed by atoms with Crippen LogP contribution < -0.4 is 5.32 Å². The van der Waals surface area contributed by atoms with Crippen molar-refractivity contribution in [1.29, 1.82) is 0 Å². The third-order valence-corrected chi connectivity index (χ3v) is 6.86. The van der Waals surface area contributed by atoms with Gasteiger partial charge in [-0.05, 0) is 37.1 Å². The molecule has 1 aromatic carbocycles. The molecule has 0 aliphatic carbocycles. The molecule has 2 saturated heterocycles. The molecule has 0 saturated carbocycles. The Morgan fingerprint density at radius 1 is 1.14 bits per heavy atom. The SMILES string of the molecule is COC(=O)Nc1ccc(S(=O)(=O)N2CCC[C@@H](C(=O)N3CCOCC3)C2)cc1. The molecule has 0 spiro atoms. The molecule has 154 valence electrons. The summed E-state index contributed by atoms with van der Waals surface area (Å²) in [5, 5.41) is 2.48. The van der Waals surface area contributed by atoms with E-state index in [4.69, 9.17) is 4.74 Å². The quantitative estimate of drug-likeness (QED) is 0.796. The number of carbonyl (C=O) groups excluding carboxylic acids is 2. The minimum absolute atomic E-state index is 0.000765. The van der Waals surface area contributed by atoms with Gasteiger partial charge in [0, 0.05) is 31.9 Å². The van der Waals surface area contributed by atoms with Crippen molar-refractivity contribution < 1.29 is 27.5 Å². The van der Waals surface area contributed by atoms with Crippen molar-refractivity contribution in [3.63, 3.8) is 0 Å². The number of ether oxygens (including phenoxy) is 2. The number of sulfonamides is 1.